The molecule has 0 aromatic heterocycles. The number of hydrogen-bond acceptors (Lipinski definition) is 4. The van der Waals surface area contributed by atoms with Crippen molar-refractivity contribution in [1.29, 1.82) is 5.26 Å². The number of sulfonamides is 1. The van der Waals surface area contributed by atoms with Crippen molar-refractivity contribution in [3.05, 3.63) is 35.4 Å². The summed E-state index contributed by atoms with van der Waals surface area (Å²) in [6, 6.07) is 8.74. The van der Waals surface area contributed by atoms with Gasteiger partial charge in [0, 0.05) is 20.2 Å². The fourth-order valence-corrected chi connectivity index (χ4v) is 3.97. The number of benzene rings is 1. The average Bonchev–Trinajstić information content (AvgIpc) is 2.47. The largest absolute Gasteiger partial charge is 0.380 e. The zero-order valence-corrected chi connectivity index (χ0v) is 12.3. The molecule has 1 aromatic carbocycles. The Morgan fingerprint density at radius 3 is 3.00 bits per heavy atom. The van der Waals surface area contributed by atoms with Crippen LogP contribution in [-0.2, 0) is 20.5 Å². The van der Waals surface area contributed by atoms with E-state index in [4.69, 9.17) is 10.00 Å². The molecule has 1 saturated heterocycles. The molecule has 1 heterocycles. The maximum Gasteiger partial charge on any atom is 0.218 e. The van der Waals surface area contributed by atoms with Crippen LogP contribution in [0.4, 0.5) is 0 Å². The molecule has 1 fully saturated rings. The van der Waals surface area contributed by atoms with Gasteiger partial charge in [-0.3, -0.25) is 0 Å². The lowest BCUT2D eigenvalue weighted by molar-refractivity contribution is 0.0571. The van der Waals surface area contributed by atoms with Gasteiger partial charge in [0.15, 0.2) is 0 Å². The van der Waals surface area contributed by atoms with E-state index in [-0.39, 0.29) is 11.9 Å². The normalized spacial score (nSPS) is 20.5. The molecule has 0 N–H and O–H groups in total. The maximum atomic E-state index is 12.4. The third kappa shape index (κ3) is 3.57. The summed E-state index contributed by atoms with van der Waals surface area (Å²) in [5.41, 5.74) is 1.12. The predicted molar refractivity (Wildman–Crippen MR) is 75.4 cm³/mol. The molecule has 2 rings (SSSR count). The fraction of sp³-hybridized carbons (Fsp3) is 0.500. The van der Waals surface area contributed by atoms with Crippen LogP contribution >= 0.6 is 0 Å². The smallest absolute Gasteiger partial charge is 0.218 e. The zero-order valence-electron chi connectivity index (χ0n) is 11.4. The van der Waals surface area contributed by atoms with Crippen molar-refractivity contribution in [1.82, 2.24) is 4.31 Å². The lowest BCUT2D eigenvalue weighted by Crippen LogP contribution is -2.43. The molecule has 6 heteroatoms. The van der Waals surface area contributed by atoms with E-state index in [1.165, 1.54) is 4.31 Å². The quantitative estimate of drug-likeness (QED) is 0.843. The third-order valence-corrected chi connectivity index (χ3v) is 5.29. The Morgan fingerprint density at radius 2 is 2.30 bits per heavy atom. The number of piperidine rings is 1. The van der Waals surface area contributed by atoms with Crippen molar-refractivity contribution in [2.75, 3.05) is 20.2 Å². The van der Waals surface area contributed by atoms with Gasteiger partial charge in [-0.15, -0.1) is 0 Å². The van der Waals surface area contributed by atoms with Gasteiger partial charge in [-0.05, 0) is 30.5 Å². The van der Waals surface area contributed by atoms with Crippen LogP contribution in [0.5, 0.6) is 0 Å². The molecule has 108 valence electrons. The minimum absolute atomic E-state index is 0.0241. The van der Waals surface area contributed by atoms with Gasteiger partial charge >= 0.3 is 0 Å². The van der Waals surface area contributed by atoms with E-state index in [1.807, 2.05) is 6.07 Å². The van der Waals surface area contributed by atoms with Crippen molar-refractivity contribution >= 4 is 10.0 Å². The molecule has 1 atom stereocenters. The minimum Gasteiger partial charge on any atom is -0.380 e. The van der Waals surface area contributed by atoms with E-state index >= 15 is 0 Å². The van der Waals surface area contributed by atoms with E-state index in [0.717, 1.165) is 12.8 Å². The Hall–Kier alpha value is -1.42. The van der Waals surface area contributed by atoms with Gasteiger partial charge in [0.25, 0.3) is 0 Å². The van der Waals surface area contributed by atoms with Crippen LogP contribution in [0.2, 0.25) is 0 Å². The molecule has 0 aliphatic carbocycles. The van der Waals surface area contributed by atoms with Crippen molar-refractivity contribution in [2.24, 2.45) is 0 Å². The number of rotatable bonds is 4. The predicted octanol–water partition coefficient (Wildman–Crippen LogP) is 1.50. The first-order chi connectivity index (χ1) is 9.55. The topological polar surface area (TPSA) is 70.4 Å². The van der Waals surface area contributed by atoms with Gasteiger partial charge in [-0.2, -0.15) is 9.57 Å². The van der Waals surface area contributed by atoms with Gasteiger partial charge < -0.3 is 4.74 Å². The molecule has 0 unspecified atom stereocenters. The number of ether oxygens (including phenoxy) is 1. The second-order valence-corrected chi connectivity index (χ2v) is 6.90. The second kappa shape index (κ2) is 6.35. The van der Waals surface area contributed by atoms with Crippen LogP contribution in [0.1, 0.15) is 24.0 Å². The maximum absolute atomic E-state index is 12.4. The van der Waals surface area contributed by atoms with E-state index in [9.17, 15) is 8.42 Å². The highest BCUT2D eigenvalue weighted by Crippen LogP contribution is 2.19. The summed E-state index contributed by atoms with van der Waals surface area (Å²) in [5.74, 6) is -0.0705. The lowest BCUT2D eigenvalue weighted by Gasteiger charge is -2.31. The number of nitriles is 1. The molecule has 1 aliphatic heterocycles. The Labute approximate surface area is 119 Å². The number of methoxy groups -OCH3 is 1. The fourth-order valence-electron chi connectivity index (χ4n) is 2.38. The monoisotopic (exact) mass is 294 g/mol. The van der Waals surface area contributed by atoms with Crippen molar-refractivity contribution < 1.29 is 13.2 Å². The summed E-state index contributed by atoms with van der Waals surface area (Å²) in [4.78, 5) is 0. The Balaban J connectivity index is 2.12. The standard InChI is InChI=1S/C14H18N2O3S/c1-19-14-6-3-7-16(10-14)20(17,18)11-13-5-2-4-12(8-13)9-15/h2,4-5,8,14H,3,6-7,10-11H2,1H3/t14-/m0/s1. The molecule has 5 nitrogen and oxygen atoms in total. The van der Waals surface area contributed by atoms with Crippen LogP contribution in [0.25, 0.3) is 0 Å². The number of nitrogens with zero attached hydrogens (tertiary/aromatic N) is 2. The molecule has 0 radical (unpaired) electrons. The third-order valence-electron chi connectivity index (χ3n) is 3.47. The van der Waals surface area contributed by atoms with Crippen LogP contribution in [-0.4, -0.2) is 39.0 Å². The van der Waals surface area contributed by atoms with Crippen LogP contribution < -0.4 is 0 Å². The van der Waals surface area contributed by atoms with Crippen LogP contribution in [0.3, 0.4) is 0 Å². The van der Waals surface area contributed by atoms with Gasteiger partial charge in [0.2, 0.25) is 10.0 Å². The van der Waals surface area contributed by atoms with Crippen molar-refractivity contribution in [3.63, 3.8) is 0 Å². The summed E-state index contributed by atoms with van der Waals surface area (Å²) in [5, 5.41) is 8.85. The molecule has 0 amide bonds. The van der Waals surface area contributed by atoms with Crippen LogP contribution in [0.15, 0.2) is 24.3 Å². The average molecular weight is 294 g/mol. The molecule has 1 aliphatic rings. The second-order valence-electron chi connectivity index (χ2n) is 4.93. The molecule has 0 spiro atoms. The van der Waals surface area contributed by atoms with Gasteiger partial charge in [0.05, 0.1) is 23.5 Å². The summed E-state index contributed by atoms with van der Waals surface area (Å²) >= 11 is 0. The first-order valence-corrected chi connectivity index (χ1v) is 8.16. The van der Waals surface area contributed by atoms with Gasteiger partial charge in [0.1, 0.15) is 0 Å². The summed E-state index contributed by atoms with van der Waals surface area (Å²) < 4.78 is 31.6. The first kappa shape index (κ1) is 15.0. The van der Waals surface area contributed by atoms with Gasteiger partial charge in [-0.25, -0.2) is 8.42 Å². The lowest BCUT2D eigenvalue weighted by atomic mass is 10.1. The summed E-state index contributed by atoms with van der Waals surface area (Å²) in [7, 11) is -1.75. The highest BCUT2D eigenvalue weighted by Gasteiger charge is 2.28. The minimum atomic E-state index is -3.36. The van der Waals surface area contributed by atoms with Gasteiger partial charge in [-0.1, -0.05) is 12.1 Å². The highest BCUT2D eigenvalue weighted by molar-refractivity contribution is 7.88. The SMILES string of the molecule is CO[C@H]1CCCN(S(=O)(=O)Cc2cccc(C#N)c2)C1. The van der Waals surface area contributed by atoms with E-state index in [1.54, 1.807) is 31.4 Å². The summed E-state index contributed by atoms with van der Waals surface area (Å²) in [6.07, 6.45) is 1.69. The van der Waals surface area contributed by atoms with E-state index in [0.29, 0.717) is 24.2 Å². The number of hydrogen-bond donors (Lipinski definition) is 0. The van der Waals surface area contributed by atoms with Crippen molar-refractivity contribution in [2.45, 2.75) is 24.7 Å². The molecule has 0 bridgehead atoms. The Bertz CT molecular complexity index is 607. The van der Waals surface area contributed by atoms with Crippen LogP contribution in [0, 0.1) is 11.3 Å². The van der Waals surface area contributed by atoms with E-state index < -0.39 is 10.0 Å². The molecule has 20 heavy (non-hydrogen) atoms. The van der Waals surface area contributed by atoms with Crippen molar-refractivity contribution in [3.8, 4) is 6.07 Å². The molecular formula is C14H18N2O3S. The zero-order chi connectivity index (χ0) is 14.6. The summed E-state index contributed by atoms with van der Waals surface area (Å²) in [6.45, 7) is 0.955. The molecular weight excluding hydrogens is 276 g/mol. The first-order valence-electron chi connectivity index (χ1n) is 6.55. The van der Waals surface area contributed by atoms with E-state index in [2.05, 4.69) is 0 Å². The molecule has 0 saturated carbocycles. The Morgan fingerprint density at radius 1 is 1.50 bits per heavy atom. The Kier molecular flexibility index (Phi) is 4.76. The molecule has 1 aromatic rings. The highest BCUT2D eigenvalue weighted by atomic mass is 32.2.